The highest BCUT2D eigenvalue weighted by atomic mass is 16.7. The first-order chi connectivity index (χ1) is 7.61. The number of carbonyl (C=O) groups is 1. The van der Waals surface area contributed by atoms with Gasteiger partial charge in [0.1, 0.15) is 0 Å². The number of ether oxygens (including phenoxy) is 2. The molecule has 0 aromatic heterocycles. The lowest BCUT2D eigenvalue weighted by atomic mass is 10.2. The van der Waals surface area contributed by atoms with Crippen LogP contribution in [0.2, 0.25) is 0 Å². The largest absolute Gasteiger partial charge is 0.478 e. The maximum Gasteiger partial charge on any atom is 0.330 e. The van der Waals surface area contributed by atoms with Gasteiger partial charge in [0.2, 0.25) is 0 Å². The van der Waals surface area contributed by atoms with Gasteiger partial charge in [-0.3, -0.25) is 0 Å². The summed E-state index contributed by atoms with van der Waals surface area (Å²) in [6, 6.07) is 0. The molecule has 4 heteroatoms. The van der Waals surface area contributed by atoms with E-state index in [-0.39, 0.29) is 11.9 Å². The topological polar surface area (TPSA) is 55.8 Å². The van der Waals surface area contributed by atoms with E-state index < -0.39 is 5.97 Å². The van der Waals surface area contributed by atoms with Crippen molar-refractivity contribution in [3.63, 3.8) is 0 Å². The van der Waals surface area contributed by atoms with E-state index in [9.17, 15) is 4.79 Å². The Bertz CT molecular complexity index is 302. The van der Waals surface area contributed by atoms with Gasteiger partial charge >= 0.3 is 5.97 Å². The molecule has 90 valence electrons. The van der Waals surface area contributed by atoms with E-state index in [1.165, 1.54) is 0 Å². The minimum atomic E-state index is -0.866. The molecule has 1 aliphatic heterocycles. The molecule has 4 nitrogen and oxygen atoms in total. The fourth-order valence-corrected chi connectivity index (χ4v) is 2.30. The van der Waals surface area contributed by atoms with Gasteiger partial charge in [-0.15, -0.1) is 0 Å². The summed E-state index contributed by atoms with van der Waals surface area (Å²) >= 11 is 0. The smallest absolute Gasteiger partial charge is 0.330 e. The van der Waals surface area contributed by atoms with Crippen molar-refractivity contribution in [2.24, 2.45) is 0 Å². The molecule has 0 radical (unpaired) electrons. The minimum Gasteiger partial charge on any atom is -0.478 e. The third-order valence-corrected chi connectivity index (χ3v) is 3.30. The van der Waals surface area contributed by atoms with E-state index in [4.69, 9.17) is 14.6 Å². The van der Waals surface area contributed by atoms with Crippen molar-refractivity contribution in [1.29, 1.82) is 0 Å². The predicted octanol–water partition coefficient (Wildman–Crippen LogP) is 2.09. The Balaban J connectivity index is 1.85. The monoisotopic (exact) mass is 226 g/mol. The van der Waals surface area contributed by atoms with Crippen LogP contribution < -0.4 is 0 Å². The van der Waals surface area contributed by atoms with Crippen molar-refractivity contribution >= 4 is 5.97 Å². The van der Waals surface area contributed by atoms with Crippen molar-refractivity contribution < 1.29 is 19.4 Å². The molecular formula is C12H18O4. The molecule has 2 fully saturated rings. The zero-order chi connectivity index (χ0) is 11.6. The summed E-state index contributed by atoms with van der Waals surface area (Å²) in [5.41, 5.74) is 0.371. The lowest BCUT2D eigenvalue weighted by Gasteiger charge is -2.21. The number of rotatable bonds is 3. The van der Waals surface area contributed by atoms with Crippen molar-refractivity contribution in [2.75, 3.05) is 6.61 Å². The molecule has 1 spiro atoms. The van der Waals surface area contributed by atoms with Crippen molar-refractivity contribution in [3.8, 4) is 0 Å². The fourth-order valence-electron chi connectivity index (χ4n) is 2.30. The molecule has 1 atom stereocenters. The average Bonchev–Trinajstić information content (AvgIpc) is 2.86. The van der Waals surface area contributed by atoms with E-state index >= 15 is 0 Å². The van der Waals surface area contributed by atoms with E-state index in [1.807, 2.05) is 0 Å². The SMILES string of the molecule is CC(=CCC1COC2(CCCC2)O1)C(=O)O. The summed E-state index contributed by atoms with van der Waals surface area (Å²) in [6.07, 6.45) is 6.64. The van der Waals surface area contributed by atoms with Gasteiger partial charge in [-0.05, 0) is 26.2 Å². The highest BCUT2D eigenvalue weighted by molar-refractivity contribution is 5.85. The number of hydrogen-bond donors (Lipinski definition) is 1. The summed E-state index contributed by atoms with van der Waals surface area (Å²) in [5.74, 6) is -1.20. The molecule has 1 unspecified atom stereocenters. The van der Waals surface area contributed by atoms with E-state index in [2.05, 4.69) is 0 Å². The number of carboxylic acid groups (broad SMARTS) is 1. The Labute approximate surface area is 95.2 Å². The van der Waals surface area contributed by atoms with Crippen LogP contribution in [0.4, 0.5) is 0 Å². The Morgan fingerprint density at radius 1 is 1.50 bits per heavy atom. The Morgan fingerprint density at radius 3 is 2.81 bits per heavy atom. The number of hydrogen-bond acceptors (Lipinski definition) is 3. The van der Waals surface area contributed by atoms with Crippen LogP contribution in [0, 0.1) is 0 Å². The Kier molecular flexibility index (Phi) is 3.30. The quantitative estimate of drug-likeness (QED) is 0.749. The van der Waals surface area contributed by atoms with Crippen LogP contribution in [0.1, 0.15) is 39.0 Å². The third kappa shape index (κ3) is 2.44. The second-order valence-electron chi connectivity index (χ2n) is 4.60. The molecule has 1 heterocycles. The number of carboxylic acids is 1. The van der Waals surface area contributed by atoms with Crippen LogP contribution in [-0.2, 0) is 14.3 Å². The normalized spacial score (nSPS) is 28.8. The van der Waals surface area contributed by atoms with Crippen LogP contribution >= 0.6 is 0 Å². The summed E-state index contributed by atoms with van der Waals surface area (Å²) in [6.45, 7) is 2.19. The Morgan fingerprint density at radius 2 is 2.19 bits per heavy atom. The summed E-state index contributed by atoms with van der Waals surface area (Å²) in [4.78, 5) is 10.6. The lowest BCUT2D eigenvalue weighted by Crippen LogP contribution is -2.26. The van der Waals surface area contributed by atoms with Crippen molar-refractivity contribution in [3.05, 3.63) is 11.6 Å². The van der Waals surface area contributed by atoms with Gasteiger partial charge < -0.3 is 14.6 Å². The molecule has 0 aromatic carbocycles. The first-order valence-corrected chi connectivity index (χ1v) is 5.83. The standard InChI is InChI=1S/C12H18O4/c1-9(11(13)14)4-5-10-8-15-12(16-10)6-2-3-7-12/h4,10H,2-3,5-8H2,1H3,(H,13,14). The summed E-state index contributed by atoms with van der Waals surface area (Å²) in [5, 5.41) is 8.72. The summed E-state index contributed by atoms with van der Waals surface area (Å²) in [7, 11) is 0. The molecular weight excluding hydrogens is 208 g/mol. The minimum absolute atomic E-state index is 0.0207. The molecule has 0 bridgehead atoms. The van der Waals surface area contributed by atoms with Gasteiger partial charge in [-0.1, -0.05) is 6.08 Å². The maximum absolute atomic E-state index is 10.6. The Hall–Kier alpha value is -0.870. The van der Waals surface area contributed by atoms with Crippen LogP contribution in [-0.4, -0.2) is 29.6 Å². The second-order valence-corrected chi connectivity index (χ2v) is 4.60. The zero-order valence-corrected chi connectivity index (χ0v) is 9.57. The lowest BCUT2D eigenvalue weighted by molar-refractivity contribution is -0.161. The molecule has 1 saturated carbocycles. The average molecular weight is 226 g/mol. The molecule has 1 saturated heterocycles. The van der Waals surface area contributed by atoms with Crippen molar-refractivity contribution in [1.82, 2.24) is 0 Å². The van der Waals surface area contributed by atoms with Gasteiger partial charge in [0.05, 0.1) is 12.7 Å². The molecule has 16 heavy (non-hydrogen) atoms. The van der Waals surface area contributed by atoms with Crippen LogP contribution in [0.25, 0.3) is 0 Å². The van der Waals surface area contributed by atoms with Gasteiger partial charge in [-0.25, -0.2) is 4.79 Å². The zero-order valence-electron chi connectivity index (χ0n) is 9.57. The van der Waals surface area contributed by atoms with Crippen LogP contribution in [0.15, 0.2) is 11.6 Å². The maximum atomic E-state index is 10.6. The molecule has 1 N–H and O–H groups in total. The highest BCUT2D eigenvalue weighted by Crippen LogP contribution is 2.39. The van der Waals surface area contributed by atoms with E-state index in [1.54, 1.807) is 13.0 Å². The van der Waals surface area contributed by atoms with Crippen molar-refractivity contribution in [2.45, 2.75) is 50.9 Å². The summed E-state index contributed by atoms with van der Waals surface area (Å²) < 4.78 is 11.6. The second kappa shape index (κ2) is 4.55. The highest BCUT2D eigenvalue weighted by Gasteiger charge is 2.43. The van der Waals surface area contributed by atoms with E-state index in [0.717, 1.165) is 25.7 Å². The van der Waals surface area contributed by atoms with Gasteiger partial charge in [0, 0.05) is 18.4 Å². The van der Waals surface area contributed by atoms with Gasteiger partial charge in [0.15, 0.2) is 5.79 Å². The van der Waals surface area contributed by atoms with Crippen LogP contribution in [0.3, 0.4) is 0 Å². The first-order valence-electron chi connectivity index (χ1n) is 5.83. The first kappa shape index (κ1) is 11.6. The molecule has 0 aromatic rings. The molecule has 2 rings (SSSR count). The van der Waals surface area contributed by atoms with Crippen LogP contribution in [0.5, 0.6) is 0 Å². The molecule has 2 aliphatic rings. The third-order valence-electron chi connectivity index (χ3n) is 3.30. The van der Waals surface area contributed by atoms with E-state index in [0.29, 0.717) is 18.6 Å². The molecule has 0 amide bonds. The number of aliphatic carboxylic acids is 1. The molecule has 1 aliphatic carbocycles. The predicted molar refractivity (Wildman–Crippen MR) is 58.0 cm³/mol. The van der Waals surface area contributed by atoms with Gasteiger partial charge in [-0.2, -0.15) is 0 Å². The fraction of sp³-hybridized carbons (Fsp3) is 0.750. The van der Waals surface area contributed by atoms with Gasteiger partial charge in [0.25, 0.3) is 0 Å².